The van der Waals surface area contributed by atoms with E-state index in [-0.39, 0.29) is 5.92 Å². The molecule has 1 aliphatic carbocycles. The first kappa shape index (κ1) is 12.5. The minimum absolute atomic E-state index is 0.181. The van der Waals surface area contributed by atoms with Gasteiger partial charge in [-0.25, -0.2) is 9.48 Å². The van der Waals surface area contributed by atoms with Crippen molar-refractivity contribution in [3.63, 3.8) is 0 Å². The van der Waals surface area contributed by atoms with Crippen LogP contribution >= 0.6 is 0 Å². The highest BCUT2D eigenvalue weighted by atomic mass is 16.5. The van der Waals surface area contributed by atoms with Gasteiger partial charge >= 0.3 is 5.97 Å². The van der Waals surface area contributed by atoms with E-state index >= 15 is 0 Å². The van der Waals surface area contributed by atoms with Crippen LogP contribution in [-0.2, 0) is 15.1 Å². The standard InChI is InChI=1S/C12H18N4O3/c1-8-7-19-6-3-9(8)10-13-14-15-16(10)12(11(17)18)4-2-5-12/h8-9H,2-7H2,1H3,(H,17,18). The molecule has 2 fully saturated rings. The minimum atomic E-state index is -0.920. The van der Waals surface area contributed by atoms with Crippen molar-refractivity contribution in [1.82, 2.24) is 20.2 Å². The van der Waals surface area contributed by atoms with Gasteiger partial charge in [-0.1, -0.05) is 6.92 Å². The number of carboxylic acid groups (broad SMARTS) is 1. The fourth-order valence-electron chi connectivity index (χ4n) is 3.02. The van der Waals surface area contributed by atoms with E-state index in [0.29, 0.717) is 37.8 Å². The number of ether oxygens (including phenoxy) is 1. The summed E-state index contributed by atoms with van der Waals surface area (Å²) >= 11 is 0. The van der Waals surface area contributed by atoms with Gasteiger partial charge in [0.1, 0.15) is 0 Å². The van der Waals surface area contributed by atoms with Crippen LogP contribution in [0.15, 0.2) is 0 Å². The highest BCUT2D eigenvalue weighted by molar-refractivity contribution is 5.77. The largest absolute Gasteiger partial charge is 0.479 e. The van der Waals surface area contributed by atoms with E-state index in [9.17, 15) is 9.90 Å². The summed E-state index contributed by atoms with van der Waals surface area (Å²) < 4.78 is 6.99. The Morgan fingerprint density at radius 2 is 2.32 bits per heavy atom. The van der Waals surface area contributed by atoms with E-state index < -0.39 is 11.5 Å². The van der Waals surface area contributed by atoms with Crippen molar-refractivity contribution in [1.29, 1.82) is 0 Å². The Labute approximate surface area is 110 Å². The van der Waals surface area contributed by atoms with Crippen molar-refractivity contribution in [3.05, 3.63) is 5.82 Å². The van der Waals surface area contributed by atoms with Gasteiger partial charge in [-0.3, -0.25) is 0 Å². The van der Waals surface area contributed by atoms with Crippen LogP contribution in [0.25, 0.3) is 0 Å². The first-order valence-corrected chi connectivity index (χ1v) is 6.75. The highest BCUT2D eigenvalue weighted by Crippen LogP contribution is 2.41. The number of aromatic nitrogens is 4. The van der Waals surface area contributed by atoms with E-state index in [1.165, 1.54) is 0 Å². The van der Waals surface area contributed by atoms with Crippen LogP contribution in [0.3, 0.4) is 0 Å². The fourth-order valence-corrected chi connectivity index (χ4v) is 3.02. The van der Waals surface area contributed by atoms with Crippen molar-refractivity contribution >= 4 is 5.97 Å². The normalized spacial score (nSPS) is 29.7. The number of hydrogen-bond donors (Lipinski definition) is 1. The smallest absolute Gasteiger partial charge is 0.331 e. The summed E-state index contributed by atoms with van der Waals surface area (Å²) in [6.07, 6.45) is 2.97. The molecule has 1 aromatic rings. The Hall–Kier alpha value is -1.50. The second-order valence-corrected chi connectivity index (χ2v) is 5.59. The quantitative estimate of drug-likeness (QED) is 0.869. The van der Waals surface area contributed by atoms with Gasteiger partial charge in [0.05, 0.1) is 0 Å². The molecule has 0 aromatic carbocycles. The molecule has 7 nitrogen and oxygen atoms in total. The summed E-state index contributed by atoms with van der Waals surface area (Å²) in [6, 6.07) is 0. The third-order valence-electron chi connectivity index (χ3n) is 4.45. The molecule has 0 spiro atoms. The van der Waals surface area contributed by atoms with E-state index in [4.69, 9.17) is 4.74 Å². The molecule has 2 atom stereocenters. The van der Waals surface area contributed by atoms with Crippen molar-refractivity contribution in [2.24, 2.45) is 5.92 Å². The molecule has 0 amide bonds. The van der Waals surface area contributed by atoms with Crippen molar-refractivity contribution in [2.45, 2.75) is 44.1 Å². The molecule has 0 radical (unpaired) electrons. The summed E-state index contributed by atoms with van der Waals surface area (Å²) in [6.45, 7) is 3.45. The zero-order valence-corrected chi connectivity index (χ0v) is 10.9. The Bertz CT molecular complexity index is 483. The molecule has 19 heavy (non-hydrogen) atoms. The van der Waals surface area contributed by atoms with Crippen LogP contribution in [0.4, 0.5) is 0 Å². The molecular weight excluding hydrogens is 248 g/mol. The zero-order valence-electron chi connectivity index (χ0n) is 10.9. The number of nitrogens with zero attached hydrogens (tertiary/aromatic N) is 4. The van der Waals surface area contributed by atoms with Gasteiger partial charge in [0.25, 0.3) is 0 Å². The second-order valence-electron chi connectivity index (χ2n) is 5.59. The number of rotatable bonds is 3. The van der Waals surface area contributed by atoms with Crippen LogP contribution in [0, 0.1) is 5.92 Å². The van der Waals surface area contributed by atoms with Gasteiger partial charge in [0.15, 0.2) is 11.4 Å². The molecule has 2 heterocycles. The van der Waals surface area contributed by atoms with Crippen molar-refractivity contribution < 1.29 is 14.6 Å². The number of hydrogen-bond acceptors (Lipinski definition) is 5. The van der Waals surface area contributed by atoms with Crippen molar-refractivity contribution in [2.75, 3.05) is 13.2 Å². The lowest BCUT2D eigenvalue weighted by atomic mass is 9.76. The Balaban J connectivity index is 1.96. The molecule has 2 unspecified atom stereocenters. The Morgan fingerprint density at radius 1 is 1.53 bits per heavy atom. The molecular formula is C12H18N4O3. The van der Waals surface area contributed by atoms with Crippen LogP contribution in [0.1, 0.15) is 44.3 Å². The van der Waals surface area contributed by atoms with Gasteiger partial charge < -0.3 is 9.84 Å². The maximum atomic E-state index is 11.6. The van der Waals surface area contributed by atoms with E-state index in [2.05, 4.69) is 22.4 Å². The average molecular weight is 266 g/mol. The second kappa shape index (κ2) is 4.56. The van der Waals surface area contributed by atoms with E-state index in [0.717, 1.165) is 12.8 Å². The van der Waals surface area contributed by atoms with Gasteiger partial charge in [0, 0.05) is 19.1 Å². The van der Waals surface area contributed by atoms with Gasteiger partial charge in [-0.2, -0.15) is 0 Å². The van der Waals surface area contributed by atoms with Gasteiger partial charge in [-0.05, 0) is 42.0 Å². The summed E-state index contributed by atoms with van der Waals surface area (Å²) in [5.41, 5.74) is -0.920. The lowest BCUT2D eigenvalue weighted by molar-refractivity contribution is -0.153. The molecule has 1 saturated heterocycles. The Morgan fingerprint density at radius 3 is 2.89 bits per heavy atom. The summed E-state index contributed by atoms with van der Waals surface area (Å²) in [7, 11) is 0. The van der Waals surface area contributed by atoms with Crippen LogP contribution in [-0.4, -0.2) is 44.5 Å². The number of aliphatic carboxylic acids is 1. The molecule has 2 aliphatic rings. The number of tetrazole rings is 1. The van der Waals surface area contributed by atoms with Gasteiger partial charge in [0.2, 0.25) is 0 Å². The first-order valence-electron chi connectivity index (χ1n) is 6.75. The zero-order chi connectivity index (χ0) is 13.5. The van der Waals surface area contributed by atoms with Gasteiger partial charge in [-0.15, -0.1) is 5.10 Å². The molecule has 7 heteroatoms. The molecule has 104 valence electrons. The first-order chi connectivity index (χ1) is 9.15. The third kappa shape index (κ3) is 1.83. The van der Waals surface area contributed by atoms with E-state index in [1.807, 2.05) is 0 Å². The molecule has 1 aliphatic heterocycles. The molecule has 3 rings (SSSR count). The molecule has 1 N–H and O–H groups in total. The SMILES string of the molecule is CC1COCCC1c1nnnn1C1(C(=O)O)CCC1. The Kier molecular flexibility index (Phi) is 3.00. The van der Waals surface area contributed by atoms with Crippen LogP contribution < -0.4 is 0 Å². The topological polar surface area (TPSA) is 90.1 Å². The number of carboxylic acids is 1. The monoisotopic (exact) mass is 266 g/mol. The lowest BCUT2D eigenvalue weighted by Gasteiger charge is -2.39. The maximum absolute atomic E-state index is 11.6. The summed E-state index contributed by atoms with van der Waals surface area (Å²) in [5.74, 6) is 0.370. The number of carbonyl (C=O) groups is 1. The van der Waals surface area contributed by atoms with Crippen LogP contribution in [0.5, 0.6) is 0 Å². The van der Waals surface area contributed by atoms with E-state index in [1.54, 1.807) is 4.68 Å². The predicted molar refractivity (Wildman–Crippen MR) is 64.6 cm³/mol. The lowest BCUT2D eigenvalue weighted by Crippen LogP contribution is -2.50. The summed E-state index contributed by atoms with van der Waals surface area (Å²) in [4.78, 5) is 11.6. The predicted octanol–water partition coefficient (Wildman–Crippen LogP) is 0.777. The summed E-state index contributed by atoms with van der Waals surface area (Å²) in [5, 5.41) is 21.3. The molecule has 1 saturated carbocycles. The average Bonchev–Trinajstić information content (AvgIpc) is 2.77. The maximum Gasteiger partial charge on any atom is 0.331 e. The molecule has 0 bridgehead atoms. The van der Waals surface area contributed by atoms with Crippen LogP contribution in [0.2, 0.25) is 0 Å². The minimum Gasteiger partial charge on any atom is -0.479 e. The highest BCUT2D eigenvalue weighted by Gasteiger charge is 2.50. The fraction of sp³-hybridized carbons (Fsp3) is 0.833. The van der Waals surface area contributed by atoms with Crippen molar-refractivity contribution in [3.8, 4) is 0 Å². The molecule has 1 aromatic heterocycles. The third-order valence-corrected chi connectivity index (χ3v) is 4.45.